The zero-order chi connectivity index (χ0) is 11.6. The summed E-state index contributed by atoms with van der Waals surface area (Å²) in [6, 6.07) is 7.76. The number of carboxylic acids is 1. The fourth-order valence-corrected chi connectivity index (χ4v) is 1.38. The molecular formula is C12H17NO2. The highest BCUT2D eigenvalue weighted by Crippen LogP contribution is 2.25. The van der Waals surface area contributed by atoms with E-state index in [1.54, 1.807) is 25.8 Å². The molecule has 15 heavy (non-hydrogen) atoms. The summed E-state index contributed by atoms with van der Waals surface area (Å²) in [6.45, 7) is 5.37. The van der Waals surface area contributed by atoms with E-state index in [0.717, 1.165) is 11.3 Å². The highest BCUT2D eigenvalue weighted by atomic mass is 16.4. The van der Waals surface area contributed by atoms with Crippen LogP contribution in [-0.2, 0) is 4.79 Å². The maximum atomic E-state index is 11.1. The Bertz CT molecular complexity index is 372. The van der Waals surface area contributed by atoms with Crippen molar-refractivity contribution in [3.63, 3.8) is 0 Å². The van der Waals surface area contributed by atoms with Crippen LogP contribution in [0.25, 0.3) is 0 Å². The van der Waals surface area contributed by atoms with Crippen LogP contribution in [0.1, 0.15) is 19.4 Å². The van der Waals surface area contributed by atoms with E-state index in [9.17, 15) is 4.79 Å². The number of nitrogens with zero attached hydrogens (tertiary/aromatic N) is 1. The van der Waals surface area contributed by atoms with Gasteiger partial charge in [0.2, 0.25) is 0 Å². The van der Waals surface area contributed by atoms with E-state index >= 15 is 0 Å². The van der Waals surface area contributed by atoms with Crippen molar-refractivity contribution in [2.24, 2.45) is 0 Å². The van der Waals surface area contributed by atoms with Gasteiger partial charge in [-0.05, 0) is 32.4 Å². The lowest BCUT2D eigenvalue weighted by Crippen LogP contribution is -2.48. The molecule has 0 bridgehead atoms. The second-order valence-corrected chi connectivity index (χ2v) is 4.21. The Hall–Kier alpha value is -1.51. The van der Waals surface area contributed by atoms with Gasteiger partial charge in [-0.3, -0.25) is 0 Å². The summed E-state index contributed by atoms with van der Waals surface area (Å²) in [5, 5.41) is 9.12. The first-order valence-electron chi connectivity index (χ1n) is 4.90. The zero-order valence-corrected chi connectivity index (χ0v) is 9.61. The second kappa shape index (κ2) is 3.93. The van der Waals surface area contributed by atoms with Gasteiger partial charge in [-0.1, -0.05) is 18.2 Å². The van der Waals surface area contributed by atoms with Gasteiger partial charge in [0.25, 0.3) is 0 Å². The summed E-state index contributed by atoms with van der Waals surface area (Å²) in [5.74, 6) is -0.826. The van der Waals surface area contributed by atoms with Gasteiger partial charge in [0.05, 0.1) is 0 Å². The molecule has 82 valence electrons. The number of likely N-dealkylation sites (N-methyl/N-ethyl adjacent to an activating group) is 1. The number of benzene rings is 1. The van der Waals surface area contributed by atoms with Gasteiger partial charge in [-0.2, -0.15) is 0 Å². The predicted octanol–water partition coefficient (Wildman–Crippen LogP) is 2.29. The molecule has 0 heterocycles. The van der Waals surface area contributed by atoms with Crippen molar-refractivity contribution in [2.45, 2.75) is 26.3 Å². The first kappa shape index (κ1) is 11.6. The van der Waals surface area contributed by atoms with Crippen molar-refractivity contribution in [1.82, 2.24) is 0 Å². The maximum Gasteiger partial charge on any atom is 0.328 e. The van der Waals surface area contributed by atoms with Gasteiger partial charge in [-0.15, -0.1) is 0 Å². The number of hydrogen-bond acceptors (Lipinski definition) is 2. The Labute approximate surface area is 90.3 Å². The first-order valence-corrected chi connectivity index (χ1v) is 4.90. The minimum absolute atomic E-state index is 0.826. The molecular weight excluding hydrogens is 190 g/mol. The summed E-state index contributed by atoms with van der Waals surface area (Å²) >= 11 is 0. The Morgan fingerprint density at radius 3 is 2.33 bits per heavy atom. The summed E-state index contributed by atoms with van der Waals surface area (Å²) < 4.78 is 0. The van der Waals surface area contributed by atoms with Crippen molar-refractivity contribution in [3.05, 3.63) is 29.8 Å². The third-order valence-electron chi connectivity index (χ3n) is 2.84. The van der Waals surface area contributed by atoms with Crippen LogP contribution in [0.4, 0.5) is 5.69 Å². The topological polar surface area (TPSA) is 40.5 Å². The quantitative estimate of drug-likeness (QED) is 0.826. The molecule has 0 fully saturated rings. The molecule has 0 aliphatic carbocycles. The molecule has 0 unspecified atom stereocenters. The molecule has 1 N–H and O–H groups in total. The average Bonchev–Trinajstić information content (AvgIpc) is 2.17. The molecule has 1 rings (SSSR count). The molecule has 0 saturated carbocycles. The molecule has 3 nitrogen and oxygen atoms in total. The number of carboxylic acid groups (broad SMARTS) is 1. The number of para-hydroxylation sites is 1. The Morgan fingerprint density at radius 1 is 1.33 bits per heavy atom. The number of anilines is 1. The molecule has 0 saturated heterocycles. The lowest BCUT2D eigenvalue weighted by Gasteiger charge is -2.34. The SMILES string of the molecule is Cc1ccccc1N(C)C(C)(C)C(=O)O. The fourth-order valence-electron chi connectivity index (χ4n) is 1.38. The molecule has 0 aliphatic rings. The van der Waals surface area contributed by atoms with Crippen LogP contribution in [0.5, 0.6) is 0 Å². The Balaban J connectivity index is 3.10. The van der Waals surface area contributed by atoms with Gasteiger partial charge < -0.3 is 10.0 Å². The number of aryl methyl sites for hydroxylation is 1. The standard InChI is InChI=1S/C12H17NO2/c1-9-7-5-6-8-10(9)13(4)12(2,3)11(14)15/h5-8H,1-4H3,(H,14,15). The molecule has 1 aromatic carbocycles. The van der Waals surface area contributed by atoms with E-state index in [1.165, 1.54) is 0 Å². The monoisotopic (exact) mass is 207 g/mol. The molecule has 0 amide bonds. The van der Waals surface area contributed by atoms with Gasteiger partial charge in [-0.25, -0.2) is 4.79 Å². The second-order valence-electron chi connectivity index (χ2n) is 4.21. The number of rotatable bonds is 3. The maximum absolute atomic E-state index is 11.1. The predicted molar refractivity (Wildman–Crippen MR) is 61.3 cm³/mol. The van der Waals surface area contributed by atoms with E-state index in [-0.39, 0.29) is 0 Å². The van der Waals surface area contributed by atoms with Gasteiger partial charge >= 0.3 is 5.97 Å². The molecule has 0 radical (unpaired) electrons. The summed E-state index contributed by atoms with van der Waals surface area (Å²) in [5.41, 5.74) is 1.13. The van der Waals surface area contributed by atoms with E-state index < -0.39 is 11.5 Å². The van der Waals surface area contributed by atoms with Crippen LogP contribution in [-0.4, -0.2) is 23.7 Å². The molecule has 0 aliphatic heterocycles. The largest absolute Gasteiger partial charge is 0.480 e. The van der Waals surface area contributed by atoms with E-state index in [0.29, 0.717) is 0 Å². The van der Waals surface area contributed by atoms with Crippen molar-refractivity contribution in [3.8, 4) is 0 Å². The summed E-state index contributed by atoms with van der Waals surface area (Å²) in [6.07, 6.45) is 0. The number of aliphatic carboxylic acids is 1. The molecule has 0 spiro atoms. The van der Waals surface area contributed by atoms with Crippen molar-refractivity contribution in [1.29, 1.82) is 0 Å². The number of carbonyl (C=O) groups is 1. The summed E-state index contributed by atoms with van der Waals surface area (Å²) in [4.78, 5) is 12.9. The van der Waals surface area contributed by atoms with E-state index in [4.69, 9.17) is 5.11 Å². The van der Waals surface area contributed by atoms with Crippen LogP contribution in [0.3, 0.4) is 0 Å². The van der Waals surface area contributed by atoms with Gasteiger partial charge in [0.1, 0.15) is 5.54 Å². The Kier molecular flexibility index (Phi) is 3.03. The third kappa shape index (κ3) is 2.12. The minimum Gasteiger partial charge on any atom is -0.480 e. The fraction of sp³-hybridized carbons (Fsp3) is 0.417. The minimum atomic E-state index is -0.897. The van der Waals surface area contributed by atoms with Crippen LogP contribution >= 0.6 is 0 Å². The van der Waals surface area contributed by atoms with E-state index in [2.05, 4.69) is 0 Å². The van der Waals surface area contributed by atoms with Crippen LogP contribution in [0, 0.1) is 6.92 Å². The van der Waals surface area contributed by atoms with Gasteiger partial charge in [0, 0.05) is 12.7 Å². The van der Waals surface area contributed by atoms with Crippen molar-refractivity contribution in [2.75, 3.05) is 11.9 Å². The van der Waals surface area contributed by atoms with Crippen LogP contribution in [0.15, 0.2) is 24.3 Å². The molecule has 0 atom stereocenters. The van der Waals surface area contributed by atoms with Gasteiger partial charge in [0.15, 0.2) is 0 Å². The Morgan fingerprint density at radius 2 is 1.87 bits per heavy atom. The lowest BCUT2D eigenvalue weighted by molar-refractivity contribution is -0.142. The third-order valence-corrected chi connectivity index (χ3v) is 2.84. The van der Waals surface area contributed by atoms with Crippen LogP contribution in [0.2, 0.25) is 0 Å². The summed E-state index contributed by atoms with van der Waals surface area (Å²) in [7, 11) is 1.80. The highest BCUT2D eigenvalue weighted by molar-refractivity contribution is 5.82. The highest BCUT2D eigenvalue weighted by Gasteiger charge is 2.32. The normalized spacial score (nSPS) is 11.2. The van der Waals surface area contributed by atoms with E-state index in [1.807, 2.05) is 31.2 Å². The van der Waals surface area contributed by atoms with Crippen molar-refractivity contribution < 1.29 is 9.90 Å². The average molecular weight is 207 g/mol. The molecule has 1 aromatic rings. The first-order chi connectivity index (χ1) is 6.87. The smallest absolute Gasteiger partial charge is 0.328 e. The van der Waals surface area contributed by atoms with Crippen molar-refractivity contribution >= 4 is 11.7 Å². The zero-order valence-electron chi connectivity index (χ0n) is 9.61. The molecule has 3 heteroatoms. The lowest BCUT2D eigenvalue weighted by atomic mass is 10.0. The molecule has 0 aromatic heterocycles. The van der Waals surface area contributed by atoms with Crippen LogP contribution < -0.4 is 4.90 Å². The number of hydrogen-bond donors (Lipinski definition) is 1.